The van der Waals surface area contributed by atoms with Gasteiger partial charge >= 0.3 is 0 Å². The van der Waals surface area contributed by atoms with Crippen molar-refractivity contribution in [2.45, 2.75) is 23.9 Å². The van der Waals surface area contributed by atoms with Gasteiger partial charge in [0.2, 0.25) is 5.91 Å². The predicted octanol–water partition coefficient (Wildman–Crippen LogP) is 3.90. The summed E-state index contributed by atoms with van der Waals surface area (Å²) in [6, 6.07) is 13.2. The van der Waals surface area contributed by atoms with Crippen molar-refractivity contribution in [1.82, 2.24) is 4.90 Å². The van der Waals surface area contributed by atoms with Crippen molar-refractivity contribution in [2.24, 2.45) is 5.73 Å². The van der Waals surface area contributed by atoms with Crippen molar-refractivity contribution >= 4 is 30.1 Å². The molecule has 5 nitrogen and oxygen atoms in total. The van der Waals surface area contributed by atoms with Crippen LogP contribution in [0.1, 0.15) is 23.6 Å². The van der Waals surface area contributed by atoms with Crippen LogP contribution in [0.25, 0.3) is 0 Å². The first-order valence-corrected chi connectivity index (χ1v) is 9.56. The lowest BCUT2D eigenvalue weighted by molar-refractivity contribution is -0.130. The number of hydrogen-bond acceptors (Lipinski definition) is 5. The molecule has 2 N–H and O–H groups in total. The van der Waals surface area contributed by atoms with Crippen LogP contribution >= 0.6 is 24.2 Å². The third-order valence-corrected chi connectivity index (χ3v) is 5.06. The van der Waals surface area contributed by atoms with Crippen molar-refractivity contribution < 1.29 is 14.3 Å². The monoisotopic (exact) mass is 410 g/mol. The minimum absolute atomic E-state index is 0. The lowest BCUT2D eigenvalue weighted by atomic mass is 10.0. The molecular weight excluding hydrogens is 384 g/mol. The number of thioether (sulfide) groups is 1. The number of halogens is 1. The molecule has 2 rings (SSSR count). The first-order valence-electron chi connectivity index (χ1n) is 8.33. The Kier molecular flexibility index (Phi) is 9.49. The Labute approximate surface area is 171 Å². The van der Waals surface area contributed by atoms with Crippen LogP contribution in [0.4, 0.5) is 0 Å². The summed E-state index contributed by atoms with van der Waals surface area (Å²) in [6.45, 7) is 0.483. The van der Waals surface area contributed by atoms with Crippen molar-refractivity contribution in [2.75, 3.05) is 27.5 Å². The molecule has 1 atom stereocenters. The highest BCUT2D eigenvalue weighted by Gasteiger charge is 2.18. The summed E-state index contributed by atoms with van der Waals surface area (Å²) in [6.07, 6.45) is 2.26. The van der Waals surface area contributed by atoms with E-state index in [1.807, 2.05) is 48.7 Å². The number of ether oxygens (including phenoxy) is 2. The molecule has 2 aromatic carbocycles. The zero-order valence-corrected chi connectivity index (χ0v) is 17.7. The van der Waals surface area contributed by atoms with Gasteiger partial charge in [-0.15, -0.1) is 24.2 Å². The van der Waals surface area contributed by atoms with E-state index in [-0.39, 0.29) is 30.8 Å². The maximum Gasteiger partial charge on any atom is 0.224 e. The number of hydrogen-bond donors (Lipinski definition) is 1. The van der Waals surface area contributed by atoms with E-state index in [0.29, 0.717) is 18.0 Å². The fourth-order valence-electron chi connectivity index (χ4n) is 2.72. The van der Waals surface area contributed by atoms with E-state index >= 15 is 0 Å². The van der Waals surface area contributed by atoms with Crippen molar-refractivity contribution in [1.29, 1.82) is 0 Å². The molecule has 0 bridgehead atoms. The zero-order valence-electron chi connectivity index (χ0n) is 16.1. The van der Waals surface area contributed by atoms with Gasteiger partial charge in [-0.3, -0.25) is 4.79 Å². The quantitative estimate of drug-likeness (QED) is 0.668. The van der Waals surface area contributed by atoms with Gasteiger partial charge in [-0.05, 0) is 29.5 Å². The molecule has 0 radical (unpaired) electrons. The normalized spacial score (nSPS) is 11.3. The van der Waals surface area contributed by atoms with Crippen molar-refractivity contribution in [3.8, 4) is 11.5 Å². The zero-order chi connectivity index (χ0) is 19.1. The first-order chi connectivity index (χ1) is 12.5. The second-order valence-electron chi connectivity index (χ2n) is 5.99. The Morgan fingerprint density at radius 1 is 1.15 bits per heavy atom. The fraction of sp³-hybridized carbons (Fsp3) is 0.350. The molecule has 0 saturated heterocycles. The highest BCUT2D eigenvalue weighted by molar-refractivity contribution is 7.98. The third kappa shape index (κ3) is 6.06. The number of methoxy groups -OCH3 is 2. The van der Waals surface area contributed by atoms with E-state index in [0.717, 1.165) is 16.0 Å². The number of rotatable bonds is 8. The van der Waals surface area contributed by atoms with E-state index in [1.165, 1.54) is 0 Å². The number of amides is 1. The number of nitrogens with two attached hydrogens (primary N) is 1. The van der Waals surface area contributed by atoms with E-state index in [9.17, 15) is 4.79 Å². The van der Waals surface area contributed by atoms with E-state index in [4.69, 9.17) is 15.2 Å². The minimum Gasteiger partial charge on any atom is -0.493 e. The Balaban J connectivity index is 0.00000364. The van der Waals surface area contributed by atoms with Gasteiger partial charge in [0.05, 0.1) is 14.2 Å². The fourth-order valence-corrected chi connectivity index (χ4v) is 3.33. The maximum atomic E-state index is 12.6. The van der Waals surface area contributed by atoms with Crippen LogP contribution in [0.3, 0.4) is 0 Å². The Morgan fingerprint density at radius 2 is 1.74 bits per heavy atom. The van der Waals surface area contributed by atoms with E-state index in [2.05, 4.69) is 0 Å². The summed E-state index contributed by atoms with van der Waals surface area (Å²) >= 11 is 1.61. The molecule has 7 heteroatoms. The van der Waals surface area contributed by atoms with Crippen LogP contribution in [0.5, 0.6) is 11.5 Å². The first kappa shape index (κ1) is 23.1. The summed E-state index contributed by atoms with van der Waals surface area (Å²) in [5, 5.41) is 0. The highest BCUT2D eigenvalue weighted by Crippen LogP contribution is 2.35. The van der Waals surface area contributed by atoms with Gasteiger partial charge in [-0.2, -0.15) is 0 Å². The van der Waals surface area contributed by atoms with Crippen LogP contribution in [-0.2, 0) is 11.3 Å². The van der Waals surface area contributed by atoms with Crippen LogP contribution in [0.15, 0.2) is 47.4 Å². The Hall–Kier alpha value is -1.89. The predicted molar refractivity (Wildman–Crippen MR) is 113 cm³/mol. The number of carbonyl (C=O) groups is 1. The van der Waals surface area contributed by atoms with Gasteiger partial charge in [0.25, 0.3) is 0 Å². The van der Waals surface area contributed by atoms with Crippen molar-refractivity contribution in [3.63, 3.8) is 0 Å². The molecule has 0 fully saturated rings. The summed E-state index contributed by atoms with van der Waals surface area (Å²) < 4.78 is 10.7. The Bertz CT molecular complexity index is 744. The third-order valence-electron chi connectivity index (χ3n) is 4.24. The number of benzene rings is 2. The average molecular weight is 411 g/mol. The molecule has 0 aliphatic rings. The lowest BCUT2D eigenvalue weighted by Crippen LogP contribution is -2.29. The summed E-state index contributed by atoms with van der Waals surface area (Å²) in [5.74, 6) is 1.34. The average Bonchev–Trinajstić information content (AvgIpc) is 2.67. The van der Waals surface area contributed by atoms with Gasteiger partial charge in [-0.1, -0.05) is 30.3 Å². The molecule has 0 heterocycles. The molecule has 148 valence electrons. The topological polar surface area (TPSA) is 64.8 Å². The molecule has 27 heavy (non-hydrogen) atoms. The number of nitrogens with zero attached hydrogens (tertiary/aromatic N) is 1. The highest BCUT2D eigenvalue weighted by atomic mass is 35.5. The molecule has 1 unspecified atom stereocenters. The summed E-state index contributed by atoms with van der Waals surface area (Å²) in [4.78, 5) is 15.3. The molecule has 2 aromatic rings. The maximum absolute atomic E-state index is 12.6. The van der Waals surface area contributed by atoms with Gasteiger partial charge < -0.3 is 20.1 Å². The molecule has 0 aliphatic heterocycles. The van der Waals surface area contributed by atoms with E-state index in [1.54, 1.807) is 37.9 Å². The summed E-state index contributed by atoms with van der Waals surface area (Å²) in [7, 11) is 5.01. The second kappa shape index (κ2) is 11.1. The molecule has 0 spiro atoms. The molecule has 0 aromatic heterocycles. The Morgan fingerprint density at radius 3 is 2.30 bits per heavy atom. The van der Waals surface area contributed by atoms with Crippen LogP contribution < -0.4 is 15.2 Å². The SMILES string of the molecule is COc1cc(CN(C)C(=O)CC(N)c2ccccc2)c(SC)cc1OC.Cl. The lowest BCUT2D eigenvalue weighted by Gasteiger charge is -2.22. The van der Waals surface area contributed by atoms with Gasteiger partial charge in [0.1, 0.15) is 0 Å². The summed E-state index contributed by atoms with van der Waals surface area (Å²) in [5.41, 5.74) is 8.15. The van der Waals surface area contributed by atoms with Gasteiger partial charge in [0.15, 0.2) is 11.5 Å². The van der Waals surface area contributed by atoms with Crippen LogP contribution in [0, 0.1) is 0 Å². The van der Waals surface area contributed by atoms with E-state index < -0.39 is 0 Å². The van der Waals surface area contributed by atoms with Crippen LogP contribution in [-0.4, -0.2) is 38.3 Å². The van der Waals surface area contributed by atoms with Crippen molar-refractivity contribution in [3.05, 3.63) is 53.6 Å². The second-order valence-corrected chi connectivity index (χ2v) is 6.84. The smallest absolute Gasteiger partial charge is 0.224 e. The van der Waals surface area contributed by atoms with Gasteiger partial charge in [-0.25, -0.2) is 0 Å². The van der Waals surface area contributed by atoms with Gasteiger partial charge in [0, 0.05) is 31.0 Å². The standard InChI is InChI=1S/C20H26N2O3S.ClH/c1-22(20(23)11-16(21)14-8-6-5-7-9-14)13-15-10-17(24-2)18(25-3)12-19(15)26-4;/h5-10,12,16H,11,13,21H2,1-4H3;1H. The molecule has 1 amide bonds. The largest absolute Gasteiger partial charge is 0.493 e. The van der Waals surface area contributed by atoms with Crippen LogP contribution in [0.2, 0.25) is 0 Å². The molecule has 0 saturated carbocycles. The molecule has 0 aliphatic carbocycles. The molecular formula is C20H27ClN2O3S. The number of carbonyl (C=O) groups excluding carboxylic acids is 1. The minimum atomic E-state index is -0.309.